The van der Waals surface area contributed by atoms with Gasteiger partial charge in [-0.3, -0.25) is 4.79 Å². The van der Waals surface area contributed by atoms with Gasteiger partial charge in [0.15, 0.2) is 0 Å². The maximum Gasteiger partial charge on any atom is 0.328 e. The van der Waals surface area contributed by atoms with Crippen LogP contribution in [0.2, 0.25) is 5.02 Å². The van der Waals surface area contributed by atoms with Crippen LogP contribution in [-0.2, 0) is 25.5 Å². The third-order valence-corrected chi connectivity index (χ3v) is 5.23. The van der Waals surface area contributed by atoms with Crippen LogP contribution in [0.3, 0.4) is 0 Å². The number of methoxy groups -OCH3 is 2. The zero-order chi connectivity index (χ0) is 21.7. The van der Waals surface area contributed by atoms with Crippen molar-refractivity contribution >= 4 is 29.6 Å². The number of nitrogens with one attached hydrogen (secondary N) is 2. The fraction of sp³-hybridized carbons (Fsp3) is 0.400. The Morgan fingerprint density at radius 2 is 2.13 bits per heavy atom. The number of ether oxygens (including phenoxy) is 2. The van der Waals surface area contributed by atoms with Gasteiger partial charge in [0, 0.05) is 30.1 Å². The number of hydrogen-bond acceptors (Lipinski definition) is 6. The average molecular weight is 435 g/mol. The van der Waals surface area contributed by atoms with E-state index in [1.807, 2.05) is 12.1 Å². The summed E-state index contributed by atoms with van der Waals surface area (Å²) in [5, 5.41) is 3.23. The van der Waals surface area contributed by atoms with E-state index in [0.717, 1.165) is 17.0 Å². The fourth-order valence-corrected chi connectivity index (χ4v) is 3.70. The van der Waals surface area contributed by atoms with Crippen LogP contribution in [0.1, 0.15) is 35.8 Å². The highest BCUT2D eigenvalue weighted by atomic mass is 35.5. The van der Waals surface area contributed by atoms with Gasteiger partial charge in [-0.25, -0.2) is 14.6 Å². The standard InChI is InChI=1S/C20H23ClN4O5/c1-29-16(26)7-6-15(19(27)30-2)24-20(28)25-9-8-14-17(23-11-22-14)18(25)12-4-3-5-13(21)10-12/h3-5,10-11,15,18H,6-9H2,1-2H3,(H,22,23)(H,24,28)/t15-,18-/m0/s1. The number of imidazole rings is 1. The summed E-state index contributed by atoms with van der Waals surface area (Å²) >= 11 is 6.17. The Morgan fingerprint density at radius 1 is 1.33 bits per heavy atom. The summed E-state index contributed by atoms with van der Waals surface area (Å²) in [6.07, 6.45) is 2.22. The SMILES string of the molecule is COC(=O)CC[C@H](NC(=O)N1CCc2[nH]cnc2[C@@H]1c1cccc(Cl)c1)C(=O)OC. The van der Waals surface area contributed by atoms with Gasteiger partial charge < -0.3 is 24.7 Å². The lowest BCUT2D eigenvalue weighted by atomic mass is 9.96. The van der Waals surface area contributed by atoms with Crippen molar-refractivity contribution < 1.29 is 23.9 Å². The Morgan fingerprint density at radius 3 is 2.83 bits per heavy atom. The Hall–Kier alpha value is -3.07. The number of rotatable bonds is 6. The normalized spacial score (nSPS) is 16.4. The van der Waals surface area contributed by atoms with Crippen molar-refractivity contribution in [3.05, 3.63) is 52.6 Å². The van der Waals surface area contributed by atoms with Crippen LogP contribution in [0, 0.1) is 0 Å². The molecule has 10 heteroatoms. The number of hydrogen-bond donors (Lipinski definition) is 2. The number of benzene rings is 1. The van der Waals surface area contributed by atoms with Crippen LogP contribution in [-0.4, -0.2) is 59.6 Å². The van der Waals surface area contributed by atoms with Crippen molar-refractivity contribution in [2.75, 3.05) is 20.8 Å². The predicted molar refractivity (Wildman–Crippen MR) is 108 cm³/mol. The monoisotopic (exact) mass is 434 g/mol. The van der Waals surface area contributed by atoms with E-state index < -0.39 is 30.1 Å². The highest BCUT2D eigenvalue weighted by molar-refractivity contribution is 6.30. The van der Waals surface area contributed by atoms with Crippen molar-refractivity contribution in [3.8, 4) is 0 Å². The van der Waals surface area contributed by atoms with Crippen molar-refractivity contribution in [2.45, 2.75) is 31.3 Å². The Kier molecular flexibility index (Phi) is 6.94. The smallest absolute Gasteiger partial charge is 0.328 e. The second-order valence-corrected chi connectivity index (χ2v) is 7.24. The number of carbonyl (C=O) groups excluding carboxylic acids is 3. The van der Waals surface area contributed by atoms with Gasteiger partial charge in [-0.2, -0.15) is 0 Å². The molecule has 1 aliphatic heterocycles. The molecule has 0 aliphatic carbocycles. The van der Waals surface area contributed by atoms with Crippen molar-refractivity contribution in [2.24, 2.45) is 0 Å². The molecule has 1 aromatic heterocycles. The Bertz CT molecular complexity index is 931. The van der Waals surface area contributed by atoms with Crippen LogP contribution < -0.4 is 5.32 Å². The Labute approximate surface area is 178 Å². The lowest BCUT2D eigenvalue weighted by Gasteiger charge is -2.36. The zero-order valence-electron chi connectivity index (χ0n) is 16.7. The molecule has 9 nitrogen and oxygen atoms in total. The number of urea groups is 1. The predicted octanol–water partition coefficient (Wildman–Crippen LogP) is 2.21. The molecule has 1 aliphatic rings. The molecule has 0 spiro atoms. The number of aromatic amines is 1. The van der Waals surface area contributed by atoms with Crippen LogP contribution in [0.25, 0.3) is 0 Å². The molecule has 30 heavy (non-hydrogen) atoms. The van der Waals surface area contributed by atoms with Crippen molar-refractivity contribution in [1.29, 1.82) is 0 Å². The lowest BCUT2D eigenvalue weighted by molar-refractivity contribution is -0.144. The number of esters is 2. The first-order valence-electron chi connectivity index (χ1n) is 9.44. The number of H-pyrrole nitrogens is 1. The van der Waals surface area contributed by atoms with E-state index in [4.69, 9.17) is 16.3 Å². The lowest BCUT2D eigenvalue weighted by Crippen LogP contribution is -2.51. The van der Waals surface area contributed by atoms with Gasteiger partial charge >= 0.3 is 18.0 Å². The van der Waals surface area contributed by atoms with E-state index in [1.165, 1.54) is 14.2 Å². The van der Waals surface area contributed by atoms with Gasteiger partial charge in [0.2, 0.25) is 0 Å². The number of nitrogens with zero attached hydrogens (tertiary/aromatic N) is 2. The molecule has 2 N–H and O–H groups in total. The largest absolute Gasteiger partial charge is 0.469 e. The summed E-state index contributed by atoms with van der Waals surface area (Å²) < 4.78 is 9.39. The summed E-state index contributed by atoms with van der Waals surface area (Å²) in [5.74, 6) is -1.11. The van der Waals surface area contributed by atoms with Crippen molar-refractivity contribution in [1.82, 2.24) is 20.2 Å². The first-order valence-corrected chi connectivity index (χ1v) is 9.81. The van der Waals surface area contributed by atoms with Gasteiger partial charge in [-0.05, 0) is 24.1 Å². The van der Waals surface area contributed by atoms with Gasteiger partial charge in [-0.1, -0.05) is 23.7 Å². The minimum atomic E-state index is -0.984. The van der Waals surface area contributed by atoms with E-state index in [1.54, 1.807) is 23.4 Å². The van der Waals surface area contributed by atoms with E-state index in [0.29, 0.717) is 18.0 Å². The van der Waals surface area contributed by atoms with E-state index in [9.17, 15) is 14.4 Å². The minimum absolute atomic E-state index is 0.0300. The molecule has 1 aromatic carbocycles. The molecule has 2 atom stereocenters. The van der Waals surface area contributed by atoms with Gasteiger partial charge in [-0.15, -0.1) is 0 Å². The summed E-state index contributed by atoms with van der Waals surface area (Å²) in [6, 6.07) is 5.29. The summed E-state index contributed by atoms with van der Waals surface area (Å²) in [7, 11) is 2.49. The molecular formula is C20H23ClN4O5. The molecule has 3 rings (SSSR count). The van der Waals surface area contributed by atoms with E-state index in [-0.39, 0.29) is 12.8 Å². The molecule has 0 radical (unpaired) electrons. The van der Waals surface area contributed by atoms with Gasteiger partial charge in [0.25, 0.3) is 0 Å². The summed E-state index contributed by atoms with van der Waals surface area (Å²) in [4.78, 5) is 45.9. The quantitative estimate of drug-likeness (QED) is 0.674. The number of aromatic nitrogens is 2. The average Bonchev–Trinajstić information content (AvgIpc) is 3.23. The number of carbonyl (C=O) groups is 3. The van der Waals surface area contributed by atoms with Crippen LogP contribution in [0.4, 0.5) is 4.79 Å². The zero-order valence-corrected chi connectivity index (χ0v) is 17.4. The Balaban J connectivity index is 1.85. The summed E-state index contributed by atoms with van der Waals surface area (Å²) in [6.45, 7) is 0.406. The highest BCUT2D eigenvalue weighted by Gasteiger charge is 2.36. The first-order chi connectivity index (χ1) is 14.4. The molecule has 0 saturated carbocycles. The highest BCUT2D eigenvalue weighted by Crippen LogP contribution is 2.34. The third-order valence-electron chi connectivity index (χ3n) is 5.00. The third kappa shape index (κ3) is 4.73. The van der Waals surface area contributed by atoms with Gasteiger partial charge in [0.05, 0.1) is 26.2 Å². The maximum atomic E-state index is 13.2. The van der Waals surface area contributed by atoms with E-state index >= 15 is 0 Å². The first kappa shape index (κ1) is 21.6. The molecule has 0 unspecified atom stereocenters. The van der Waals surface area contributed by atoms with E-state index in [2.05, 4.69) is 20.0 Å². The second kappa shape index (κ2) is 9.62. The second-order valence-electron chi connectivity index (χ2n) is 6.81. The minimum Gasteiger partial charge on any atom is -0.469 e. The maximum absolute atomic E-state index is 13.2. The van der Waals surface area contributed by atoms with Crippen LogP contribution in [0.5, 0.6) is 0 Å². The fourth-order valence-electron chi connectivity index (χ4n) is 3.50. The number of amides is 2. The molecule has 0 bridgehead atoms. The number of halogens is 1. The molecular weight excluding hydrogens is 412 g/mol. The molecule has 160 valence electrons. The topological polar surface area (TPSA) is 114 Å². The molecule has 2 heterocycles. The number of fused-ring (bicyclic) bond motifs is 1. The summed E-state index contributed by atoms with van der Waals surface area (Å²) in [5.41, 5.74) is 2.47. The van der Waals surface area contributed by atoms with Crippen molar-refractivity contribution in [3.63, 3.8) is 0 Å². The molecule has 0 fully saturated rings. The molecule has 2 aromatic rings. The van der Waals surface area contributed by atoms with Gasteiger partial charge in [0.1, 0.15) is 12.1 Å². The molecule has 2 amide bonds. The molecule has 0 saturated heterocycles. The van der Waals surface area contributed by atoms with Crippen LogP contribution in [0.15, 0.2) is 30.6 Å². The van der Waals surface area contributed by atoms with Crippen LogP contribution >= 0.6 is 11.6 Å².